The largest absolute Gasteiger partial charge is 0.519 e. The van der Waals surface area contributed by atoms with Crippen LogP contribution in [0.4, 0.5) is 14.4 Å². The van der Waals surface area contributed by atoms with Crippen LogP contribution in [-0.2, 0) is 36.9 Å². The van der Waals surface area contributed by atoms with E-state index in [4.69, 9.17) is 47.1 Å². The molecule has 1 aliphatic rings. The van der Waals surface area contributed by atoms with E-state index < -0.39 is 36.5 Å². The molecule has 18 nitrogen and oxygen atoms in total. The van der Waals surface area contributed by atoms with Gasteiger partial charge in [-0.2, -0.15) is 0 Å². The van der Waals surface area contributed by atoms with E-state index in [0.717, 1.165) is 0 Å². The summed E-state index contributed by atoms with van der Waals surface area (Å²) in [6.45, 7) is 7.00. The summed E-state index contributed by atoms with van der Waals surface area (Å²) in [5.41, 5.74) is 5.66. The van der Waals surface area contributed by atoms with E-state index in [9.17, 15) is 24.0 Å². The van der Waals surface area contributed by atoms with Gasteiger partial charge in [-0.15, -0.1) is 0 Å². The summed E-state index contributed by atoms with van der Waals surface area (Å²) in [5, 5.41) is 2.45. The van der Waals surface area contributed by atoms with Gasteiger partial charge < -0.3 is 62.2 Å². The molecule has 0 saturated carbocycles. The highest BCUT2D eigenvalue weighted by atomic mass is 16.7. The van der Waals surface area contributed by atoms with Crippen molar-refractivity contribution in [3.63, 3.8) is 0 Å². The highest BCUT2D eigenvalue weighted by Crippen LogP contribution is 2.23. The number of carbonyl (C=O) groups is 3. The van der Waals surface area contributed by atoms with Gasteiger partial charge in [0.15, 0.2) is 48.6 Å². The van der Waals surface area contributed by atoms with Crippen LogP contribution in [0.2, 0.25) is 0 Å². The highest BCUT2D eigenvalue weighted by molar-refractivity contribution is 5.69. The minimum atomic E-state index is -0.950. The molecule has 0 spiro atoms. The molecule has 18 heteroatoms. The number of amides is 3. The number of nitrogens with two attached hydrogens (primary N) is 1. The van der Waals surface area contributed by atoms with Crippen LogP contribution in [0.15, 0.2) is 51.3 Å². The van der Waals surface area contributed by atoms with Crippen LogP contribution in [0.5, 0.6) is 0 Å². The first-order chi connectivity index (χ1) is 20.5. The molecule has 0 unspecified atom stereocenters. The Morgan fingerprint density at radius 2 is 1.30 bits per heavy atom. The van der Waals surface area contributed by atoms with E-state index in [1.54, 1.807) is 6.92 Å². The lowest BCUT2D eigenvalue weighted by Gasteiger charge is -2.27. The second-order valence-corrected chi connectivity index (χ2v) is 8.80. The number of alkyl carbamates (subject to hydrolysis) is 1. The number of hydrogen-bond donors (Lipinski definition) is 2. The predicted octanol–water partition coefficient (Wildman–Crippen LogP) is 1.41. The van der Waals surface area contributed by atoms with Gasteiger partial charge in [0, 0.05) is 39.3 Å². The van der Waals surface area contributed by atoms with Crippen LogP contribution >= 0.6 is 0 Å². The fourth-order valence-corrected chi connectivity index (χ4v) is 3.50. The average molecular weight is 613 g/mol. The van der Waals surface area contributed by atoms with E-state index in [1.165, 1.54) is 23.6 Å². The topological polar surface area (TPSA) is 229 Å². The number of rotatable bonds is 14. The maximum absolute atomic E-state index is 12.9. The molecular formula is C25H32N4O14. The first-order valence-corrected chi connectivity index (χ1v) is 12.8. The Hall–Kier alpha value is -5.13. The fraction of sp³-hybridized carbons (Fsp3) is 0.480. The molecular weight excluding hydrogens is 580 g/mol. The number of ether oxygens (including phenoxy) is 5. The zero-order chi connectivity index (χ0) is 31.5. The Kier molecular flexibility index (Phi) is 11.4. The average Bonchev–Trinajstić information content (AvgIpc) is 3.58. The Balaban J connectivity index is 1.57. The number of hydrogen-bond acceptors (Lipinski definition) is 15. The Labute approximate surface area is 243 Å². The second kappa shape index (κ2) is 15.2. The quantitative estimate of drug-likeness (QED) is 0.287. The molecule has 0 aliphatic carbocycles. The van der Waals surface area contributed by atoms with E-state index in [2.05, 4.69) is 11.9 Å². The van der Waals surface area contributed by atoms with Crippen molar-refractivity contribution in [1.29, 1.82) is 0 Å². The normalized spacial score (nSPS) is 12.4. The third-order valence-corrected chi connectivity index (χ3v) is 5.76. The van der Waals surface area contributed by atoms with Gasteiger partial charge in [-0.05, 0) is 27.4 Å². The Bertz CT molecular complexity index is 1450. The molecule has 0 radical (unpaired) electrons. The van der Waals surface area contributed by atoms with Crippen LogP contribution in [0.3, 0.4) is 0 Å². The first-order valence-electron chi connectivity index (χ1n) is 12.8. The van der Waals surface area contributed by atoms with Crippen molar-refractivity contribution >= 4 is 18.3 Å². The van der Waals surface area contributed by atoms with Crippen LogP contribution in [-0.4, -0.2) is 74.0 Å². The van der Waals surface area contributed by atoms with Crippen molar-refractivity contribution in [3.05, 3.63) is 68.3 Å². The molecule has 3 rings (SSSR count). The van der Waals surface area contributed by atoms with Crippen LogP contribution in [0.1, 0.15) is 30.0 Å². The van der Waals surface area contributed by atoms with Gasteiger partial charge in [0.25, 0.3) is 5.95 Å². The van der Waals surface area contributed by atoms with E-state index in [-0.39, 0.29) is 87.2 Å². The zero-order valence-corrected chi connectivity index (χ0v) is 23.8. The molecule has 3 amide bonds. The maximum atomic E-state index is 12.9. The SMILES string of the molecule is C=C1OC(C)=C(COC(=O)N(CCN)CCN(CCNC(=O)OCc2oc(=O)oc2C)C(=O)OCc2oc(=O)oc2C)O1. The zero-order valence-electron chi connectivity index (χ0n) is 23.8. The van der Waals surface area contributed by atoms with Crippen LogP contribution in [0, 0.1) is 13.8 Å². The van der Waals surface area contributed by atoms with Crippen molar-refractivity contribution < 1.29 is 55.7 Å². The third-order valence-electron chi connectivity index (χ3n) is 5.76. The molecule has 43 heavy (non-hydrogen) atoms. The predicted molar refractivity (Wildman–Crippen MR) is 140 cm³/mol. The fourth-order valence-electron chi connectivity index (χ4n) is 3.50. The van der Waals surface area contributed by atoms with Gasteiger partial charge in [-0.25, -0.2) is 24.0 Å². The number of aryl methyl sites for hydroxylation is 2. The maximum Gasteiger partial charge on any atom is 0.519 e. The lowest BCUT2D eigenvalue weighted by atomic mass is 10.4. The van der Waals surface area contributed by atoms with Gasteiger partial charge in [-0.1, -0.05) is 0 Å². The number of allylic oxidation sites excluding steroid dienone is 1. The lowest BCUT2D eigenvalue weighted by molar-refractivity contribution is 0.0757. The van der Waals surface area contributed by atoms with Crippen molar-refractivity contribution in [2.45, 2.75) is 34.0 Å². The Morgan fingerprint density at radius 1 is 0.767 bits per heavy atom. The van der Waals surface area contributed by atoms with Crippen molar-refractivity contribution in [2.24, 2.45) is 5.73 Å². The lowest BCUT2D eigenvalue weighted by Crippen LogP contribution is -2.45. The molecule has 1 aliphatic heterocycles. The third kappa shape index (κ3) is 9.73. The Morgan fingerprint density at radius 3 is 1.79 bits per heavy atom. The smallest absolute Gasteiger partial charge is 0.441 e. The summed E-state index contributed by atoms with van der Waals surface area (Å²) < 4.78 is 45.0. The van der Waals surface area contributed by atoms with Gasteiger partial charge in [-0.3, -0.25) is 0 Å². The van der Waals surface area contributed by atoms with Crippen molar-refractivity contribution in [3.8, 4) is 0 Å². The van der Waals surface area contributed by atoms with E-state index >= 15 is 0 Å². The van der Waals surface area contributed by atoms with Crippen molar-refractivity contribution in [1.82, 2.24) is 15.1 Å². The van der Waals surface area contributed by atoms with Gasteiger partial charge in [0.1, 0.15) is 5.76 Å². The van der Waals surface area contributed by atoms with Crippen LogP contribution in [0.25, 0.3) is 0 Å². The summed E-state index contributed by atoms with van der Waals surface area (Å²) in [5.74, 6) is -0.784. The van der Waals surface area contributed by atoms with E-state index in [1.807, 2.05) is 0 Å². The molecule has 3 heterocycles. The summed E-state index contributed by atoms with van der Waals surface area (Å²) >= 11 is 0. The summed E-state index contributed by atoms with van der Waals surface area (Å²) in [6.07, 6.45) is -2.46. The standard InChI is InChI=1S/C25H32N4O14/c1-14-18(41-17(4)38-14)12-36-22(31)28(7-5-26)9-10-29(23(32)37-13-20-16(3)40-25(34)43-20)8-6-27-21(30)35-11-19-15(2)39-24(33)42-19/h4-13,26H2,1-3H3,(H,27,30). The molecule has 3 N–H and O–H groups in total. The molecule has 0 atom stereocenters. The summed E-state index contributed by atoms with van der Waals surface area (Å²) in [7, 11) is 0. The highest BCUT2D eigenvalue weighted by Gasteiger charge is 2.24. The molecule has 0 aromatic carbocycles. The molecule has 2 aromatic rings. The van der Waals surface area contributed by atoms with E-state index in [0.29, 0.717) is 5.76 Å². The number of carbonyl (C=O) groups excluding carboxylic acids is 3. The molecule has 0 saturated heterocycles. The summed E-state index contributed by atoms with van der Waals surface area (Å²) in [4.78, 5) is 62.6. The minimum Gasteiger partial charge on any atom is -0.441 e. The molecule has 0 fully saturated rings. The summed E-state index contributed by atoms with van der Waals surface area (Å²) in [6, 6.07) is 0. The molecule has 0 bridgehead atoms. The number of nitrogens with zero attached hydrogens (tertiary/aromatic N) is 2. The monoisotopic (exact) mass is 612 g/mol. The van der Waals surface area contributed by atoms with Gasteiger partial charge >= 0.3 is 29.9 Å². The number of nitrogens with one attached hydrogen (secondary N) is 1. The second-order valence-electron chi connectivity index (χ2n) is 8.80. The van der Waals surface area contributed by atoms with Crippen LogP contribution < -0.4 is 22.7 Å². The molecule has 2 aromatic heterocycles. The first kappa shape index (κ1) is 32.4. The minimum absolute atomic E-state index is 0.0138. The van der Waals surface area contributed by atoms with Gasteiger partial charge in [0.2, 0.25) is 0 Å². The van der Waals surface area contributed by atoms with Gasteiger partial charge in [0.05, 0.1) is 0 Å². The van der Waals surface area contributed by atoms with Crippen molar-refractivity contribution in [2.75, 3.05) is 45.9 Å². The molecule has 236 valence electrons.